The molecule has 1 aromatic rings. The van der Waals surface area contributed by atoms with Crippen LogP contribution in [0.5, 0.6) is 11.5 Å². The molecule has 0 saturated heterocycles. The van der Waals surface area contributed by atoms with Crippen LogP contribution in [-0.2, 0) is 33.2 Å². The van der Waals surface area contributed by atoms with Gasteiger partial charge < -0.3 is 47.7 Å². The van der Waals surface area contributed by atoms with Crippen molar-refractivity contribution < 1.29 is 57.3 Å². The molecule has 0 bridgehead atoms. The number of ether oxygens (including phenoxy) is 9. The highest BCUT2D eigenvalue weighted by Gasteiger charge is 2.22. The zero-order valence-electron chi connectivity index (χ0n) is 16.3. The van der Waals surface area contributed by atoms with Gasteiger partial charge in [-0.15, -0.1) is 0 Å². The molecular weight excluding hydrogens is 396 g/mol. The third kappa shape index (κ3) is 9.04. The van der Waals surface area contributed by atoms with Gasteiger partial charge in [0.1, 0.15) is 36.2 Å². The van der Waals surface area contributed by atoms with Crippen LogP contribution in [-0.4, -0.2) is 79.1 Å². The molecule has 0 unspecified atom stereocenters. The first-order chi connectivity index (χ1) is 14.0. The highest BCUT2D eigenvalue weighted by molar-refractivity contribution is 5.98. The van der Waals surface area contributed by atoms with Gasteiger partial charge in [0.05, 0.1) is 7.11 Å². The molecule has 164 valence electrons. The number of methoxy groups -OCH3 is 3. The first-order valence-corrected chi connectivity index (χ1v) is 8.09. The number of rotatable bonds is 16. The Morgan fingerprint density at radius 2 is 1.21 bits per heavy atom. The molecule has 0 amide bonds. The molecular formula is C17H24O12. The van der Waals surface area contributed by atoms with E-state index in [1.54, 1.807) is 0 Å². The number of hydrogen-bond donors (Lipinski definition) is 1. The van der Waals surface area contributed by atoms with Gasteiger partial charge in [-0.25, -0.2) is 9.59 Å². The van der Waals surface area contributed by atoms with Gasteiger partial charge in [-0.3, -0.25) is 0 Å². The van der Waals surface area contributed by atoms with E-state index in [0.29, 0.717) is 0 Å². The standard InChI is InChI=1S/C17H24O12/c1-21-6-24-8-26-10-28-14-5-15(29-11-27-9-25-7-22-2)13(17(20)23-3)4-12(14)16(18)19/h4-5H,6-11H2,1-3H3,(H,18,19). The van der Waals surface area contributed by atoms with E-state index >= 15 is 0 Å². The lowest BCUT2D eigenvalue weighted by Crippen LogP contribution is -2.14. The van der Waals surface area contributed by atoms with E-state index in [1.807, 2.05) is 0 Å². The minimum Gasteiger partial charge on any atom is -0.478 e. The summed E-state index contributed by atoms with van der Waals surface area (Å²) < 4.78 is 44.7. The SMILES string of the molecule is COCOCOCOc1cc(OCOCOCOC)c(C(=O)OC)cc1C(=O)O. The fourth-order valence-electron chi connectivity index (χ4n) is 1.87. The average molecular weight is 420 g/mol. The molecule has 29 heavy (non-hydrogen) atoms. The number of esters is 1. The first kappa shape index (κ1) is 24.6. The number of benzene rings is 1. The molecule has 12 nitrogen and oxygen atoms in total. The Kier molecular flexibility index (Phi) is 12.3. The third-order valence-electron chi connectivity index (χ3n) is 3.05. The summed E-state index contributed by atoms with van der Waals surface area (Å²) in [7, 11) is 4.06. The Morgan fingerprint density at radius 1 is 0.724 bits per heavy atom. The van der Waals surface area contributed by atoms with Crippen molar-refractivity contribution in [3.05, 3.63) is 23.3 Å². The first-order valence-electron chi connectivity index (χ1n) is 8.09. The van der Waals surface area contributed by atoms with Gasteiger partial charge in [-0.05, 0) is 6.07 Å². The summed E-state index contributed by atoms with van der Waals surface area (Å²) in [5, 5.41) is 9.40. The van der Waals surface area contributed by atoms with Crippen LogP contribution in [0.2, 0.25) is 0 Å². The van der Waals surface area contributed by atoms with Crippen LogP contribution >= 0.6 is 0 Å². The van der Waals surface area contributed by atoms with Gasteiger partial charge in [0.25, 0.3) is 0 Å². The van der Waals surface area contributed by atoms with Crippen molar-refractivity contribution in [2.24, 2.45) is 0 Å². The number of carbonyl (C=O) groups is 2. The van der Waals surface area contributed by atoms with Crippen molar-refractivity contribution in [1.82, 2.24) is 0 Å². The summed E-state index contributed by atoms with van der Waals surface area (Å²) in [4.78, 5) is 23.5. The van der Waals surface area contributed by atoms with Crippen molar-refractivity contribution >= 4 is 11.9 Å². The van der Waals surface area contributed by atoms with Gasteiger partial charge in [0, 0.05) is 20.3 Å². The van der Waals surface area contributed by atoms with Crippen molar-refractivity contribution in [2.75, 3.05) is 62.1 Å². The maximum atomic E-state index is 12.0. The molecule has 0 atom stereocenters. The lowest BCUT2D eigenvalue weighted by Gasteiger charge is -2.15. The molecule has 0 heterocycles. The Labute approximate surface area is 167 Å². The fourth-order valence-corrected chi connectivity index (χ4v) is 1.87. The van der Waals surface area contributed by atoms with Crippen molar-refractivity contribution in [3.63, 3.8) is 0 Å². The minimum absolute atomic E-state index is 0.0146. The van der Waals surface area contributed by atoms with Crippen LogP contribution in [0.25, 0.3) is 0 Å². The molecule has 0 aliphatic rings. The molecule has 1 rings (SSSR count). The smallest absolute Gasteiger partial charge is 0.341 e. The molecule has 12 heteroatoms. The molecule has 0 radical (unpaired) electrons. The second kappa shape index (κ2) is 14.5. The fraction of sp³-hybridized carbons (Fsp3) is 0.529. The summed E-state index contributed by atoms with van der Waals surface area (Å²) in [6.45, 7) is -0.793. The Balaban J connectivity index is 2.86. The van der Waals surface area contributed by atoms with E-state index in [2.05, 4.69) is 14.2 Å². The second-order valence-electron chi connectivity index (χ2n) is 5.03. The predicted molar refractivity (Wildman–Crippen MR) is 93.6 cm³/mol. The maximum Gasteiger partial charge on any atom is 0.341 e. The van der Waals surface area contributed by atoms with Gasteiger partial charge in [0.15, 0.2) is 27.2 Å². The van der Waals surface area contributed by atoms with E-state index in [9.17, 15) is 14.7 Å². The van der Waals surface area contributed by atoms with Crippen LogP contribution < -0.4 is 9.47 Å². The Morgan fingerprint density at radius 3 is 1.66 bits per heavy atom. The van der Waals surface area contributed by atoms with Gasteiger partial charge in [-0.2, -0.15) is 0 Å². The van der Waals surface area contributed by atoms with Crippen LogP contribution in [0.3, 0.4) is 0 Å². The average Bonchev–Trinajstić information content (AvgIpc) is 2.72. The van der Waals surface area contributed by atoms with E-state index in [1.165, 1.54) is 20.3 Å². The summed E-state index contributed by atoms with van der Waals surface area (Å²) >= 11 is 0. The van der Waals surface area contributed by atoms with Crippen molar-refractivity contribution in [1.29, 1.82) is 0 Å². The molecule has 0 aliphatic carbocycles. The molecule has 1 N–H and O–H groups in total. The minimum atomic E-state index is -1.32. The lowest BCUT2D eigenvalue weighted by atomic mass is 10.1. The number of carbonyl (C=O) groups excluding carboxylic acids is 1. The highest BCUT2D eigenvalue weighted by Crippen LogP contribution is 2.30. The lowest BCUT2D eigenvalue weighted by molar-refractivity contribution is -0.145. The molecule has 0 spiro atoms. The van der Waals surface area contributed by atoms with Gasteiger partial charge >= 0.3 is 11.9 Å². The summed E-state index contributed by atoms with van der Waals surface area (Å²) in [5.41, 5.74) is -0.411. The molecule has 0 aliphatic heterocycles. The summed E-state index contributed by atoms with van der Waals surface area (Å²) in [6, 6.07) is 2.29. The molecule has 0 fully saturated rings. The molecule has 0 aromatic heterocycles. The van der Waals surface area contributed by atoms with Crippen LogP contribution in [0, 0.1) is 0 Å². The van der Waals surface area contributed by atoms with Crippen LogP contribution in [0.1, 0.15) is 20.7 Å². The normalized spacial score (nSPS) is 10.6. The number of carboxylic acid groups (broad SMARTS) is 1. The molecule has 1 aromatic carbocycles. The van der Waals surface area contributed by atoms with E-state index in [4.69, 9.17) is 28.4 Å². The largest absolute Gasteiger partial charge is 0.478 e. The number of carboxylic acids is 1. The zero-order valence-corrected chi connectivity index (χ0v) is 16.3. The van der Waals surface area contributed by atoms with Crippen molar-refractivity contribution in [2.45, 2.75) is 0 Å². The second-order valence-corrected chi connectivity index (χ2v) is 5.03. The third-order valence-corrected chi connectivity index (χ3v) is 3.05. The van der Waals surface area contributed by atoms with Crippen LogP contribution in [0.15, 0.2) is 12.1 Å². The predicted octanol–water partition coefficient (Wildman–Crippen LogP) is 1.03. The van der Waals surface area contributed by atoms with Crippen LogP contribution in [0.4, 0.5) is 0 Å². The van der Waals surface area contributed by atoms with Gasteiger partial charge in [-0.1, -0.05) is 0 Å². The summed E-state index contributed by atoms with van der Waals surface area (Å²) in [6.07, 6.45) is 0. The zero-order chi connectivity index (χ0) is 21.5. The number of hydrogen-bond acceptors (Lipinski definition) is 11. The Bertz CT molecular complexity index is 633. The van der Waals surface area contributed by atoms with Crippen molar-refractivity contribution in [3.8, 4) is 11.5 Å². The summed E-state index contributed by atoms with van der Waals surface area (Å²) in [5.74, 6) is -2.23. The topological polar surface area (TPSA) is 137 Å². The van der Waals surface area contributed by atoms with Gasteiger partial charge in [0.2, 0.25) is 0 Å². The molecule has 0 saturated carbocycles. The monoisotopic (exact) mass is 420 g/mol. The maximum absolute atomic E-state index is 12.0. The van der Waals surface area contributed by atoms with E-state index < -0.39 is 11.9 Å². The van der Waals surface area contributed by atoms with E-state index in [0.717, 1.165) is 13.2 Å². The quantitative estimate of drug-likeness (QED) is 0.232. The van der Waals surface area contributed by atoms with E-state index in [-0.39, 0.29) is 63.4 Å². The highest BCUT2D eigenvalue weighted by atomic mass is 16.8. The number of aromatic carboxylic acids is 1. The Hall–Kier alpha value is -2.48.